The van der Waals surface area contributed by atoms with Crippen LogP contribution < -0.4 is 10.2 Å². The van der Waals surface area contributed by atoms with Gasteiger partial charge in [0.25, 0.3) is 0 Å². The number of allylic oxidation sites excluding steroid dienone is 8. The quantitative estimate of drug-likeness (QED) is 0.240. The van der Waals surface area contributed by atoms with Gasteiger partial charge in [0, 0.05) is 39.3 Å². The maximum atomic E-state index is 3.81. The van der Waals surface area contributed by atoms with Crippen LogP contribution in [0.2, 0.25) is 0 Å². The number of anilines is 3. The van der Waals surface area contributed by atoms with Crippen LogP contribution >= 0.6 is 0 Å². The third-order valence-electron chi connectivity index (χ3n) is 9.35. The molecule has 3 unspecified atom stereocenters. The molecule has 0 amide bonds. The fourth-order valence-corrected chi connectivity index (χ4v) is 7.53. The highest BCUT2D eigenvalue weighted by Crippen LogP contribution is 2.53. The van der Waals surface area contributed by atoms with Gasteiger partial charge in [-0.3, -0.25) is 0 Å². The molecule has 9 rings (SSSR count). The van der Waals surface area contributed by atoms with Crippen molar-refractivity contribution in [1.29, 1.82) is 0 Å². The van der Waals surface area contributed by atoms with E-state index in [1.807, 2.05) is 0 Å². The Labute approximate surface area is 251 Å². The van der Waals surface area contributed by atoms with E-state index < -0.39 is 0 Å². The summed E-state index contributed by atoms with van der Waals surface area (Å²) in [5.41, 5.74) is 11.4. The van der Waals surface area contributed by atoms with E-state index in [2.05, 4.69) is 167 Å². The fourth-order valence-electron chi connectivity index (χ4n) is 7.53. The summed E-state index contributed by atoms with van der Waals surface area (Å²) in [6, 6.07) is 31.3. The molecule has 3 heterocycles. The van der Waals surface area contributed by atoms with Gasteiger partial charge in [-0.2, -0.15) is 0 Å². The maximum absolute atomic E-state index is 3.81. The molecule has 206 valence electrons. The summed E-state index contributed by atoms with van der Waals surface area (Å²) in [6.07, 6.45) is 25.9. The highest BCUT2D eigenvalue weighted by Gasteiger charge is 2.40. The van der Waals surface area contributed by atoms with E-state index in [0.29, 0.717) is 0 Å². The Balaban J connectivity index is 1.28. The van der Waals surface area contributed by atoms with Gasteiger partial charge >= 0.3 is 0 Å². The van der Waals surface area contributed by atoms with Crippen LogP contribution in [0.3, 0.4) is 0 Å². The van der Waals surface area contributed by atoms with Crippen molar-refractivity contribution in [3.63, 3.8) is 0 Å². The minimum Gasteiger partial charge on any atom is -0.361 e. The summed E-state index contributed by atoms with van der Waals surface area (Å²) in [4.78, 5) is 2.58. The zero-order chi connectivity index (χ0) is 28.3. The second-order valence-corrected chi connectivity index (χ2v) is 11.7. The predicted molar refractivity (Wildman–Crippen MR) is 182 cm³/mol. The first-order valence-electron chi connectivity index (χ1n) is 15.2. The molecule has 3 heteroatoms. The van der Waals surface area contributed by atoms with Crippen LogP contribution in [0.4, 0.5) is 17.1 Å². The van der Waals surface area contributed by atoms with Gasteiger partial charge < -0.3 is 14.8 Å². The average Bonchev–Trinajstić information content (AvgIpc) is 3.42. The molecule has 3 nitrogen and oxygen atoms in total. The zero-order valence-electron chi connectivity index (χ0n) is 23.8. The van der Waals surface area contributed by atoms with E-state index in [0.717, 1.165) is 6.42 Å². The number of para-hydroxylation sites is 3. The Bertz CT molecular complexity index is 2110. The molecule has 2 aliphatic carbocycles. The minimum atomic E-state index is 0.0215. The SMILES string of the molecule is C1=CCC=CC(c2ccccc2N2c3ccc4c(c3C3C=CC=CC32)c2ccccc2n4C2C=Cc3ccccc3N2)=C1. The van der Waals surface area contributed by atoms with Crippen molar-refractivity contribution >= 4 is 50.5 Å². The maximum Gasteiger partial charge on any atom is 0.123 e. The van der Waals surface area contributed by atoms with E-state index in [1.54, 1.807) is 0 Å². The number of benzene rings is 4. The Hall–Kier alpha value is -5.28. The number of aromatic nitrogens is 1. The van der Waals surface area contributed by atoms with E-state index in [1.165, 1.54) is 61.1 Å². The molecular formula is C40H31N3. The van der Waals surface area contributed by atoms with Crippen LogP contribution in [0.5, 0.6) is 0 Å². The molecule has 4 aliphatic rings. The van der Waals surface area contributed by atoms with Crippen LogP contribution in [-0.2, 0) is 0 Å². The van der Waals surface area contributed by atoms with Gasteiger partial charge in [-0.15, -0.1) is 0 Å². The van der Waals surface area contributed by atoms with E-state index in [9.17, 15) is 0 Å². The normalized spacial score (nSPS) is 21.4. The van der Waals surface area contributed by atoms with Gasteiger partial charge in [-0.05, 0) is 59.5 Å². The largest absolute Gasteiger partial charge is 0.361 e. The Morgan fingerprint density at radius 1 is 0.674 bits per heavy atom. The van der Waals surface area contributed by atoms with Crippen molar-refractivity contribution < 1.29 is 0 Å². The number of nitrogens with zero attached hydrogens (tertiary/aromatic N) is 2. The van der Waals surface area contributed by atoms with Gasteiger partial charge in [-0.1, -0.05) is 115 Å². The zero-order valence-corrected chi connectivity index (χ0v) is 23.8. The second-order valence-electron chi connectivity index (χ2n) is 11.7. The number of hydrogen-bond donors (Lipinski definition) is 1. The number of rotatable bonds is 3. The number of nitrogens with one attached hydrogen (secondary N) is 1. The lowest BCUT2D eigenvalue weighted by molar-refractivity contribution is 0.724. The third-order valence-corrected chi connectivity index (χ3v) is 9.35. The van der Waals surface area contributed by atoms with Gasteiger partial charge in [0.15, 0.2) is 0 Å². The molecule has 4 aromatic carbocycles. The van der Waals surface area contributed by atoms with Crippen molar-refractivity contribution in [2.24, 2.45) is 0 Å². The smallest absolute Gasteiger partial charge is 0.123 e. The standard InChI is InChI=1S/C40H31N3/c1-2-4-14-27(13-3-1)29-16-6-10-20-33(29)42-34-21-11-7-17-30(34)39-36(42)24-25-37-40(39)31-18-8-12-22-35(31)43(37)38-26-23-28-15-5-9-19-32(28)41-38/h1,3-26,30,34,38,41H,2H2. The molecule has 0 bridgehead atoms. The number of hydrogen-bond acceptors (Lipinski definition) is 2. The molecule has 0 saturated carbocycles. The first-order chi connectivity index (χ1) is 21.4. The lowest BCUT2D eigenvalue weighted by atomic mass is 9.88. The lowest BCUT2D eigenvalue weighted by Crippen LogP contribution is -2.29. The van der Waals surface area contributed by atoms with E-state index >= 15 is 0 Å². The molecule has 43 heavy (non-hydrogen) atoms. The molecule has 3 atom stereocenters. The Morgan fingerprint density at radius 3 is 2.53 bits per heavy atom. The van der Waals surface area contributed by atoms with Crippen molar-refractivity contribution in [3.8, 4) is 0 Å². The molecule has 0 fully saturated rings. The monoisotopic (exact) mass is 553 g/mol. The third kappa shape index (κ3) is 3.68. The predicted octanol–water partition coefficient (Wildman–Crippen LogP) is 10.1. The highest BCUT2D eigenvalue weighted by atomic mass is 15.2. The summed E-state index contributed by atoms with van der Waals surface area (Å²) >= 11 is 0. The Morgan fingerprint density at radius 2 is 1.53 bits per heavy atom. The van der Waals surface area contributed by atoms with Crippen LogP contribution in [0.25, 0.3) is 33.5 Å². The molecule has 1 N–H and O–H groups in total. The first-order valence-corrected chi connectivity index (χ1v) is 15.2. The van der Waals surface area contributed by atoms with Crippen LogP contribution in [0.15, 0.2) is 146 Å². The average molecular weight is 554 g/mol. The minimum absolute atomic E-state index is 0.0215. The second kappa shape index (κ2) is 9.64. The fraction of sp³-hybridized carbons (Fsp3) is 0.100. The summed E-state index contributed by atoms with van der Waals surface area (Å²) in [7, 11) is 0. The molecule has 5 aromatic rings. The van der Waals surface area contributed by atoms with Crippen molar-refractivity contribution in [2.45, 2.75) is 24.5 Å². The van der Waals surface area contributed by atoms with Gasteiger partial charge in [-0.25, -0.2) is 0 Å². The molecule has 0 radical (unpaired) electrons. The molecule has 0 saturated heterocycles. The summed E-state index contributed by atoms with van der Waals surface area (Å²) < 4.78 is 2.48. The summed E-state index contributed by atoms with van der Waals surface area (Å²) in [6.45, 7) is 0. The molecule has 1 aromatic heterocycles. The first kappa shape index (κ1) is 24.3. The lowest BCUT2D eigenvalue weighted by Gasteiger charge is -2.30. The van der Waals surface area contributed by atoms with Gasteiger partial charge in [0.2, 0.25) is 0 Å². The van der Waals surface area contributed by atoms with E-state index in [4.69, 9.17) is 0 Å². The summed E-state index contributed by atoms with van der Waals surface area (Å²) in [5, 5.41) is 6.47. The number of fused-ring (bicyclic) bond motifs is 8. The van der Waals surface area contributed by atoms with E-state index in [-0.39, 0.29) is 18.1 Å². The Kier molecular flexibility index (Phi) is 5.45. The molecule has 0 spiro atoms. The molecule has 2 aliphatic heterocycles. The summed E-state index contributed by atoms with van der Waals surface area (Å²) in [5.74, 6) is 0.255. The van der Waals surface area contributed by atoms with Crippen molar-refractivity contribution in [1.82, 2.24) is 4.57 Å². The van der Waals surface area contributed by atoms with Crippen LogP contribution in [0, 0.1) is 0 Å². The van der Waals surface area contributed by atoms with Crippen LogP contribution in [0.1, 0.15) is 35.2 Å². The topological polar surface area (TPSA) is 20.2 Å². The van der Waals surface area contributed by atoms with Crippen molar-refractivity contribution in [2.75, 3.05) is 10.2 Å². The highest BCUT2D eigenvalue weighted by molar-refractivity contribution is 6.13. The van der Waals surface area contributed by atoms with Crippen molar-refractivity contribution in [3.05, 3.63) is 162 Å². The van der Waals surface area contributed by atoms with Gasteiger partial charge in [0.1, 0.15) is 6.17 Å². The molecular weight excluding hydrogens is 522 g/mol. The van der Waals surface area contributed by atoms with Gasteiger partial charge in [0.05, 0.1) is 17.1 Å². The van der Waals surface area contributed by atoms with Crippen LogP contribution in [-0.4, -0.2) is 10.6 Å².